The number of ether oxygens (including phenoxy) is 1. The first kappa shape index (κ1) is 29.0. The third kappa shape index (κ3) is 4.02. The van der Waals surface area contributed by atoms with Crippen LogP contribution in [-0.2, 0) is 21.7 Å². The normalized spacial score (nSPS) is 16.4. The molecule has 0 aromatic heterocycles. The van der Waals surface area contributed by atoms with Crippen LogP contribution in [0.2, 0.25) is 0 Å². The fourth-order valence-electron chi connectivity index (χ4n) is 7.88. The largest absolute Gasteiger partial charge is 0.458 e. The van der Waals surface area contributed by atoms with Crippen molar-refractivity contribution in [3.8, 4) is 22.6 Å². The van der Waals surface area contributed by atoms with Gasteiger partial charge >= 0.3 is 13.7 Å². The minimum absolute atomic E-state index is 0.0151. The van der Waals surface area contributed by atoms with Crippen molar-refractivity contribution in [3.05, 3.63) is 82.9 Å². The molecule has 4 aliphatic heterocycles. The molecule has 0 saturated heterocycles. The molecular weight excluding hydrogens is 546 g/mol. The van der Waals surface area contributed by atoms with Gasteiger partial charge in [0.05, 0.1) is 11.4 Å². The molecule has 0 saturated carbocycles. The second-order valence-electron chi connectivity index (χ2n) is 18.0. The Morgan fingerprint density at radius 2 is 0.933 bits per heavy atom. The molecule has 0 aliphatic carbocycles. The van der Waals surface area contributed by atoms with E-state index >= 15 is 0 Å². The maximum Gasteiger partial charge on any atom is 0.310 e. The van der Waals surface area contributed by atoms with Crippen LogP contribution in [0.15, 0.2) is 60.7 Å². The predicted molar refractivity (Wildman–Crippen MR) is 194 cm³/mol. The van der Waals surface area contributed by atoms with Gasteiger partial charge in [0.1, 0.15) is 11.5 Å². The monoisotopic (exact) mass is 592 g/mol. The fraction of sp³-hybridized carbons (Fsp3) is 0.400. The van der Waals surface area contributed by atoms with E-state index in [1.165, 1.54) is 66.6 Å². The van der Waals surface area contributed by atoms with E-state index in [1.807, 2.05) is 0 Å². The molecule has 8 rings (SSSR count). The summed E-state index contributed by atoms with van der Waals surface area (Å²) >= 11 is 0. The minimum atomic E-state index is -0.0151. The molecule has 0 atom stereocenters. The molecule has 45 heavy (non-hydrogen) atoms. The quantitative estimate of drug-likeness (QED) is 0.196. The Morgan fingerprint density at radius 1 is 0.467 bits per heavy atom. The lowest BCUT2D eigenvalue weighted by Crippen LogP contribution is -2.64. The number of nitrogens with zero attached hydrogens (tertiary/aromatic N) is 2. The van der Waals surface area contributed by atoms with E-state index in [2.05, 4.69) is 154 Å². The van der Waals surface area contributed by atoms with E-state index in [-0.39, 0.29) is 35.4 Å². The van der Waals surface area contributed by atoms with E-state index in [1.54, 1.807) is 0 Å². The van der Waals surface area contributed by atoms with E-state index in [0.29, 0.717) is 0 Å². The van der Waals surface area contributed by atoms with Crippen LogP contribution in [0.4, 0.5) is 11.4 Å². The Morgan fingerprint density at radius 3 is 1.53 bits per heavy atom. The van der Waals surface area contributed by atoms with Crippen LogP contribution in [0.1, 0.15) is 105 Å². The molecule has 0 spiro atoms. The van der Waals surface area contributed by atoms with Crippen molar-refractivity contribution in [1.29, 1.82) is 0 Å². The second kappa shape index (κ2) is 8.68. The van der Waals surface area contributed by atoms with Crippen LogP contribution >= 0.6 is 0 Å². The standard InChI is InChI=1S/C40H46B2N2O/c1-37(2,3)23-13-15-29-27(17-23)28-18-25(39(7,8)9)19-31-35(28)41(29)44-42-30-16-14-24(38(4,5)6)21-33(30)45-34-22-26(40(10,11)12)20-32(36(34)42)43(31)44/h13-22H,1-12H3. The fourth-order valence-corrected chi connectivity index (χ4v) is 7.88. The zero-order valence-electron chi connectivity index (χ0n) is 29.2. The van der Waals surface area contributed by atoms with Gasteiger partial charge in [0.25, 0.3) is 0 Å². The Hall–Kier alpha value is -3.43. The molecule has 228 valence electrons. The van der Waals surface area contributed by atoms with Gasteiger partial charge in [-0.05, 0) is 95.7 Å². The first-order valence-electron chi connectivity index (χ1n) is 16.8. The Balaban J connectivity index is 1.44. The Bertz CT molecular complexity index is 1950. The summed E-state index contributed by atoms with van der Waals surface area (Å²) in [5, 5.41) is 2.58. The average Bonchev–Trinajstić information content (AvgIpc) is 3.55. The van der Waals surface area contributed by atoms with Gasteiger partial charge in [-0.3, -0.25) is 9.84 Å². The molecule has 4 heterocycles. The zero-order valence-corrected chi connectivity index (χ0v) is 29.2. The minimum Gasteiger partial charge on any atom is -0.458 e. The summed E-state index contributed by atoms with van der Waals surface area (Å²) in [7, 11) is 0. The van der Waals surface area contributed by atoms with Gasteiger partial charge in [0.15, 0.2) is 0 Å². The average molecular weight is 592 g/mol. The van der Waals surface area contributed by atoms with E-state index in [4.69, 9.17) is 4.74 Å². The second-order valence-corrected chi connectivity index (χ2v) is 18.0. The molecule has 0 radical (unpaired) electrons. The number of benzene rings is 4. The van der Waals surface area contributed by atoms with Crippen molar-refractivity contribution in [1.82, 2.24) is 4.83 Å². The molecule has 4 aromatic carbocycles. The van der Waals surface area contributed by atoms with E-state index < -0.39 is 0 Å². The first-order valence-corrected chi connectivity index (χ1v) is 16.8. The van der Waals surface area contributed by atoms with E-state index in [0.717, 1.165) is 11.5 Å². The van der Waals surface area contributed by atoms with Crippen LogP contribution in [0, 0.1) is 0 Å². The van der Waals surface area contributed by atoms with Crippen LogP contribution in [0.25, 0.3) is 11.1 Å². The highest BCUT2D eigenvalue weighted by atomic mass is 16.5. The lowest BCUT2D eigenvalue weighted by atomic mass is 9.40. The van der Waals surface area contributed by atoms with Gasteiger partial charge < -0.3 is 4.74 Å². The van der Waals surface area contributed by atoms with Crippen molar-refractivity contribution >= 4 is 46.9 Å². The number of hydrogen-bond donors (Lipinski definition) is 0. The topological polar surface area (TPSA) is 15.7 Å². The number of fused-ring (bicyclic) bond motifs is 10. The smallest absolute Gasteiger partial charge is 0.310 e. The molecule has 4 aliphatic rings. The predicted octanol–water partition coefficient (Wildman–Crippen LogP) is 7.56. The summed E-state index contributed by atoms with van der Waals surface area (Å²) in [4.78, 5) is 2.70. The van der Waals surface area contributed by atoms with Crippen molar-refractivity contribution in [2.24, 2.45) is 0 Å². The van der Waals surface area contributed by atoms with Gasteiger partial charge in [0, 0.05) is 5.46 Å². The van der Waals surface area contributed by atoms with Gasteiger partial charge in [-0.25, -0.2) is 0 Å². The van der Waals surface area contributed by atoms with Crippen molar-refractivity contribution in [2.45, 2.75) is 105 Å². The SMILES string of the molecule is CC(C)(C)c1ccc2c(c1)Oc1cc(C(C)(C)C)cc3c1B2N1B2c4ccc(C(C)(C)C)cc4-c4cc(C(C)(C)C)cc(c42)N31. The first-order chi connectivity index (χ1) is 20.8. The summed E-state index contributed by atoms with van der Waals surface area (Å²) in [5.74, 6) is 2.00. The van der Waals surface area contributed by atoms with Crippen LogP contribution in [0.3, 0.4) is 0 Å². The van der Waals surface area contributed by atoms with Crippen LogP contribution in [-0.4, -0.2) is 18.5 Å². The number of anilines is 2. The third-order valence-corrected chi connectivity index (χ3v) is 10.7. The molecule has 0 N–H and O–H groups in total. The Labute approximate surface area is 271 Å². The summed E-state index contributed by atoms with van der Waals surface area (Å²) in [6, 6.07) is 24.0. The van der Waals surface area contributed by atoms with Crippen LogP contribution < -0.4 is 31.6 Å². The summed E-state index contributed by atoms with van der Waals surface area (Å²) in [6.07, 6.45) is 0. The lowest BCUT2D eigenvalue weighted by Gasteiger charge is -2.33. The van der Waals surface area contributed by atoms with Gasteiger partial charge in [0.2, 0.25) is 0 Å². The molecule has 0 bridgehead atoms. The molecule has 3 nitrogen and oxygen atoms in total. The highest BCUT2D eigenvalue weighted by Gasteiger charge is 2.59. The highest BCUT2D eigenvalue weighted by Crippen LogP contribution is 2.49. The number of hydrogen-bond acceptors (Lipinski definition) is 3. The molecule has 0 amide bonds. The Kier molecular flexibility index (Phi) is 5.59. The molecule has 4 aromatic rings. The zero-order chi connectivity index (χ0) is 32.2. The van der Waals surface area contributed by atoms with Crippen molar-refractivity contribution < 1.29 is 4.74 Å². The summed E-state index contributed by atoms with van der Waals surface area (Å²) in [6.45, 7) is 28.0. The molecule has 0 unspecified atom stereocenters. The van der Waals surface area contributed by atoms with Gasteiger partial charge in [-0.1, -0.05) is 119 Å². The molecular formula is C40H46B2N2O. The van der Waals surface area contributed by atoms with Crippen molar-refractivity contribution in [2.75, 3.05) is 5.01 Å². The van der Waals surface area contributed by atoms with Crippen LogP contribution in [0.5, 0.6) is 11.5 Å². The molecule has 0 fully saturated rings. The van der Waals surface area contributed by atoms with Gasteiger partial charge in [-0.15, -0.1) is 0 Å². The maximum absolute atomic E-state index is 6.92. The summed E-state index contributed by atoms with van der Waals surface area (Å²) in [5.41, 5.74) is 16.3. The van der Waals surface area contributed by atoms with Gasteiger partial charge in [-0.2, -0.15) is 0 Å². The maximum atomic E-state index is 6.92. The lowest BCUT2D eigenvalue weighted by molar-refractivity contribution is 0.479. The molecule has 5 heteroatoms. The third-order valence-electron chi connectivity index (χ3n) is 10.7. The summed E-state index contributed by atoms with van der Waals surface area (Å²) < 4.78 is 6.92. The number of hydrazine groups is 1. The van der Waals surface area contributed by atoms with Crippen molar-refractivity contribution in [3.63, 3.8) is 0 Å². The number of rotatable bonds is 0. The van der Waals surface area contributed by atoms with E-state index in [9.17, 15) is 0 Å². The highest BCUT2D eigenvalue weighted by molar-refractivity contribution is 7.03.